The third kappa shape index (κ3) is 3.61. The van der Waals surface area contributed by atoms with Crippen LogP contribution < -0.4 is 5.56 Å². The molecule has 2 aromatic heterocycles. The van der Waals surface area contributed by atoms with Crippen molar-refractivity contribution in [3.8, 4) is 5.88 Å². The molecular formula is C20H19IN4O2. The van der Waals surface area contributed by atoms with E-state index in [1.807, 2.05) is 24.4 Å². The largest absolute Gasteiger partial charge is 0.494 e. The van der Waals surface area contributed by atoms with E-state index in [1.165, 1.54) is 12.0 Å². The van der Waals surface area contributed by atoms with Crippen LogP contribution in [0.5, 0.6) is 5.88 Å². The summed E-state index contributed by atoms with van der Waals surface area (Å²) in [6, 6.07) is 9.82. The molecule has 1 atom stereocenters. The summed E-state index contributed by atoms with van der Waals surface area (Å²) in [5.74, 6) is 0.367. The average Bonchev–Trinajstić information content (AvgIpc) is 3.07. The Morgan fingerprint density at radius 3 is 2.89 bits per heavy atom. The lowest BCUT2D eigenvalue weighted by molar-refractivity contribution is 0.317. The summed E-state index contributed by atoms with van der Waals surface area (Å²) in [7, 11) is 2.13. The van der Waals surface area contributed by atoms with Crippen molar-refractivity contribution in [1.29, 1.82) is 0 Å². The Balaban J connectivity index is 1.67. The van der Waals surface area contributed by atoms with Crippen LogP contribution in [0.2, 0.25) is 0 Å². The number of aromatic nitrogens is 2. The molecule has 0 bridgehead atoms. The number of nitrogens with one attached hydrogen (secondary N) is 1. The maximum atomic E-state index is 12.0. The van der Waals surface area contributed by atoms with Crippen LogP contribution in [0.4, 0.5) is 5.82 Å². The number of H-pyrrole nitrogens is 1. The van der Waals surface area contributed by atoms with Gasteiger partial charge in [0.25, 0.3) is 5.56 Å². The lowest BCUT2D eigenvalue weighted by atomic mass is 10.1. The van der Waals surface area contributed by atoms with Crippen LogP contribution in [0, 0.1) is 3.57 Å². The van der Waals surface area contributed by atoms with E-state index in [0.29, 0.717) is 28.2 Å². The lowest BCUT2D eigenvalue weighted by Crippen LogP contribution is -2.17. The van der Waals surface area contributed by atoms with Gasteiger partial charge < -0.3 is 5.11 Å². The molecule has 27 heavy (non-hydrogen) atoms. The van der Waals surface area contributed by atoms with Crippen molar-refractivity contribution in [2.75, 3.05) is 13.6 Å². The first-order chi connectivity index (χ1) is 13.0. The van der Waals surface area contributed by atoms with E-state index in [9.17, 15) is 9.90 Å². The molecule has 1 aromatic carbocycles. The zero-order chi connectivity index (χ0) is 19.0. The zero-order valence-corrected chi connectivity index (χ0v) is 17.0. The number of pyridine rings is 2. The minimum atomic E-state index is -0.320. The molecule has 1 aliphatic rings. The smallest absolute Gasteiger partial charge is 0.258 e. The highest BCUT2D eigenvalue weighted by Crippen LogP contribution is 2.30. The fraction of sp³-hybridized carbons (Fsp3) is 0.250. The summed E-state index contributed by atoms with van der Waals surface area (Å²) in [5, 5.41) is 11.4. The van der Waals surface area contributed by atoms with Gasteiger partial charge in [-0.2, -0.15) is 0 Å². The Hall–Kier alpha value is -2.26. The highest BCUT2D eigenvalue weighted by molar-refractivity contribution is 14.1. The van der Waals surface area contributed by atoms with Gasteiger partial charge in [0.05, 0.1) is 5.56 Å². The number of halogens is 1. The Kier molecular flexibility index (Phi) is 4.96. The third-order valence-corrected chi connectivity index (χ3v) is 5.68. The molecule has 0 amide bonds. The fourth-order valence-electron chi connectivity index (χ4n) is 3.57. The number of hydrogen-bond donors (Lipinski definition) is 2. The summed E-state index contributed by atoms with van der Waals surface area (Å²) < 4.78 is 0.975. The second-order valence-electron chi connectivity index (χ2n) is 6.75. The second kappa shape index (κ2) is 7.40. The summed E-state index contributed by atoms with van der Waals surface area (Å²) in [6.07, 6.45) is 5.77. The summed E-state index contributed by atoms with van der Waals surface area (Å²) in [5.41, 5.74) is 1.35. The maximum Gasteiger partial charge on any atom is 0.258 e. The number of aromatic amines is 1. The maximum absolute atomic E-state index is 12.0. The number of nitrogens with zero attached hydrogens (tertiary/aromatic N) is 3. The van der Waals surface area contributed by atoms with E-state index in [-0.39, 0.29) is 11.4 Å². The van der Waals surface area contributed by atoms with Gasteiger partial charge in [-0.1, -0.05) is 6.07 Å². The molecule has 1 unspecified atom stereocenters. The van der Waals surface area contributed by atoms with Gasteiger partial charge in [-0.05, 0) is 78.9 Å². The molecular weight excluding hydrogens is 455 g/mol. The first-order valence-electron chi connectivity index (χ1n) is 8.77. The van der Waals surface area contributed by atoms with Crippen molar-refractivity contribution in [3.05, 3.63) is 61.6 Å². The standard InChI is InChI=1S/C20H19IN4O2/c1-25-8-2-3-17(25)12-4-7-18(22-10-12)23-11-16-15-9-13(21)5-6-14(15)19(26)24-20(16)27/h4-7,9-11,17H,2-3,8H2,1H3,(H2,24,26,27). The molecule has 2 N–H and O–H groups in total. The molecule has 138 valence electrons. The number of hydrogen-bond acceptors (Lipinski definition) is 5. The lowest BCUT2D eigenvalue weighted by Gasteiger charge is -2.19. The van der Waals surface area contributed by atoms with E-state index in [2.05, 4.69) is 55.6 Å². The molecule has 0 aliphatic carbocycles. The van der Waals surface area contributed by atoms with Crippen LogP contribution in [-0.2, 0) is 0 Å². The molecule has 0 radical (unpaired) electrons. The minimum absolute atomic E-state index is 0.192. The van der Waals surface area contributed by atoms with E-state index in [0.717, 1.165) is 16.5 Å². The summed E-state index contributed by atoms with van der Waals surface area (Å²) >= 11 is 2.18. The first-order valence-corrected chi connectivity index (χ1v) is 9.85. The third-order valence-electron chi connectivity index (χ3n) is 5.01. The van der Waals surface area contributed by atoms with Gasteiger partial charge in [0.15, 0.2) is 5.82 Å². The van der Waals surface area contributed by atoms with Crippen LogP contribution in [0.1, 0.15) is 30.0 Å². The number of benzene rings is 1. The van der Waals surface area contributed by atoms with Crippen molar-refractivity contribution >= 4 is 45.4 Å². The molecule has 3 heterocycles. The van der Waals surface area contributed by atoms with Gasteiger partial charge in [-0.15, -0.1) is 0 Å². The van der Waals surface area contributed by atoms with Gasteiger partial charge in [0, 0.05) is 32.8 Å². The summed E-state index contributed by atoms with van der Waals surface area (Å²) in [4.78, 5) is 25.7. The zero-order valence-electron chi connectivity index (χ0n) is 14.8. The Bertz CT molecular complexity index is 1080. The molecule has 6 nitrogen and oxygen atoms in total. The van der Waals surface area contributed by atoms with Crippen molar-refractivity contribution in [2.24, 2.45) is 4.99 Å². The number of aliphatic imine (C=N–C) groups is 1. The number of aromatic hydroxyl groups is 1. The number of fused-ring (bicyclic) bond motifs is 1. The first kappa shape index (κ1) is 18.1. The molecule has 0 saturated carbocycles. The average molecular weight is 474 g/mol. The normalized spacial score (nSPS) is 17.9. The quantitative estimate of drug-likeness (QED) is 0.448. The van der Waals surface area contributed by atoms with Gasteiger partial charge in [0.2, 0.25) is 5.88 Å². The van der Waals surface area contributed by atoms with E-state index in [4.69, 9.17) is 0 Å². The fourth-order valence-corrected chi connectivity index (χ4v) is 4.06. The molecule has 1 aliphatic heterocycles. The van der Waals surface area contributed by atoms with Crippen LogP contribution in [0.3, 0.4) is 0 Å². The monoisotopic (exact) mass is 474 g/mol. The van der Waals surface area contributed by atoms with E-state index >= 15 is 0 Å². The molecule has 7 heteroatoms. The topological polar surface area (TPSA) is 81.6 Å². The van der Waals surface area contributed by atoms with Crippen molar-refractivity contribution in [1.82, 2.24) is 14.9 Å². The molecule has 1 saturated heterocycles. The minimum Gasteiger partial charge on any atom is -0.494 e. The molecule has 0 spiro atoms. The summed E-state index contributed by atoms with van der Waals surface area (Å²) in [6.45, 7) is 1.11. The van der Waals surface area contributed by atoms with Crippen LogP contribution in [0.15, 0.2) is 46.3 Å². The van der Waals surface area contributed by atoms with Crippen molar-refractivity contribution in [3.63, 3.8) is 0 Å². The van der Waals surface area contributed by atoms with E-state index in [1.54, 1.807) is 12.3 Å². The number of likely N-dealkylation sites (tertiary alicyclic amines) is 1. The van der Waals surface area contributed by atoms with Crippen molar-refractivity contribution < 1.29 is 5.11 Å². The van der Waals surface area contributed by atoms with Crippen LogP contribution in [0.25, 0.3) is 10.8 Å². The molecule has 1 fully saturated rings. The van der Waals surface area contributed by atoms with Gasteiger partial charge in [-0.25, -0.2) is 9.98 Å². The van der Waals surface area contributed by atoms with Crippen LogP contribution >= 0.6 is 22.6 Å². The van der Waals surface area contributed by atoms with Gasteiger partial charge >= 0.3 is 0 Å². The van der Waals surface area contributed by atoms with Crippen molar-refractivity contribution in [2.45, 2.75) is 18.9 Å². The Labute approximate surface area is 170 Å². The number of rotatable bonds is 3. The Morgan fingerprint density at radius 1 is 1.33 bits per heavy atom. The molecule has 4 rings (SSSR count). The van der Waals surface area contributed by atoms with Gasteiger partial charge in [0.1, 0.15) is 0 Å². The highest BCUT2D eigenvalue weighted by Gasteiger charge is 2.22. The van der Waals surface area contributed by atoms with E-state index < -0.39 is 0 Å². The highest BCUT2D eigenvalue weighted by atomic mass is 127. The van der Waals surface area contributed by atoms with Crippen LogP contribution in [-0.4, -0.2) is 39.8 Å². The predicted octanol–water partition coefficient (Wildman–Crippen LogP) is 3.75. The predicted molar refractivity (Wildman–Crippen MR) is 115 cm³/mol. The molecule has 3 aromatic rings. The SMILES string of the molecule is CN1CCCC1c1ccc(N=Cc2c(O)[nH]c(=O)c3ccc(I)cc23)nc1. The second-order valence-corrected chi connectivity index (χ2v) is 8.00. The van der Waals surface area contributed by atoms with Gasteiger partial charge in [-0.3, -0.25) is 14.7 Å². The Morgan fingerprint density at radius 2 is 2.19 bits per heavy atom.